The van der Waals surface area contributed by atoms with Crippen LogP contribution >= 0.6 is 0 Å². The predicted molar refractivity (Wildman–Crippen MR) is 100 cm³/mol. The van der Waals surface area contributed by atoms with Crippen LogP contribution in [0.4, 0.5) is 0 Å². The molecule has 0 radical (unpaired) electrons. The maximum absolute atomic E-state index is 13.0. The van der Waals surface area contributed by atoms with E-state index >= 15 is 0 Å². The van der Waals surface area contributed by atoms with Crippen molar-refractivity contribution in [3.05, 3.63) is 59.3 Å². The first-order valence-corrected chi connectivity index (χ1v) is 9.10. The van der Waals surface area contributed by atoms with Crippen molar-refractivity contribution in [2.24, 2.45) is 0 Å². The molecule has 26 heavy (non-hydrogen) atoms. The van der Waals surface area contributed by atoms with Gasteiger partial charge in [-0.15, -0.1) is 0 Å². The van der Waals surface area contributed by atoms with Crippen LogP contribution in [-0.4, -0.2) is 45.5 Å². The third-order valence-corrected chi connectivity index (χ3v) is 4.76. The number of aromatic nitrogens is 3. The minimum absolute atomic E-state index is 0.142. The summed E-state index contributed by atoms with van der Waals surface area (Å²) >= 11 is 0. The van der Waals surface area contributed by atoms with Crippen molar-refractivity contribution in [1.82, 2.24) is 19.3 Å². The second-order valence-corrected chi connectivity index (χ2v) is 6.52. The van der Waals surface area contributed by atoms with Crippen molar-refractivity contribution in [2.75, 3.05) is 26.2 Å². The van der Waals surface area contributed by atoms with Gasteiger partial charge < -0.3 is 4.74 Å². The van der Waals surface area contributed by atoms with Gasteiger partial charge >= 0.3 is 0 Å². The first kappa shape index (κ1) is 16.7. The van der Waals surface area contributed by atoms with Gasteiger partial charge in [-0.2, -0.15) is 4.98 Å². The maximum Gasteiger partial charge on any atom is 0.269 e. The smallest absolute Gasteiger partial charge is 0.269 e. The van der Waals surface area contributed by atoms with Crippen molar-refractivity contribution in [3.63, 3.8) is 0 Å². The first-order valence-electron chi connectivity index (χ1n) is 9.10. The molecular weight excluding hydrogens is 328 g/mol. The lowest BCUT2D eigenvalue weighted by Gasteiger charge is -2.26. The number of hydrogen-bond donors (Lipinski definition) is 0. The fraction of sp³-hybridized carbons (Fsp3) is 0.350. The van der Waals surface area contributed by atoms with Crippen LogP contribution in [0.15, 0.2) is 53.7 Å². The van der Waals surface area contributed by atoms with E-state index in [-0.39, 0.29) is 5.56 Å². The van der Waals surface area contributed by atoms with E-state index < -0.39 is 0 Å². The van der Waals surface area contributed by atoms with Gasteiger partial charge in [0, 0.05) is 18.9 Å². The van der Waals surface area contributed by atoms with Crippen LogP contribution in [0, 0.1) is 0 Å². The second-order valence-electron chi connectivity index (χ2n) is 6.52. The lowest BCUT2D eigenvalue weighted by Crippen LogP contribution is -2.33. The van der Waals surface area contributed by atoms with E-state index in [2.05, 4.69) is 14.9 Å². The molecule has 0 amide bonds. The fourth-order valence-electron chi connectivity index (χ4n) is 3.39. The number of ether oxygens (including phenoxy) is 1. The van der Waals surface area contributed by atoms with Crippen LogP contribution in [-0.2, 0) is 0 Å². The molecule has 4 rings (SSSR count). The van der Waals surface area contributed by atoms with Crippen LogP contribution < -0.4 is 10.3 Å². The average Bonchev–Trinajstić information content (AvgIpc) is 2.70. The molecule has 0 aliphatic carbocycles. The molecule has 6 nitrogen and oxygen atoms in total. The normalized spacial score (nSPS) is 15.2. The maximum atomic E-state index is 13.0. The largest absolute Gasteiger partial charge is 0.476 e. The number of hydrogen-bond acceptors (Lipinski definition) is 5. The Kier molecular flexibility index (Phi) is 4.93. The van der Waals surface area contributed by atoms with Crippen molar-refractivity contribution in [1.29, 1.82) is 0 Å². The fourth-order valence-corrected chi connectivity index (χ4v) is 3.39. The molecule has 3 aromatic rings. The van der Waals surface area contributed by atoms with E-state index in [0.29, 0.717) is 23.7 Å². The van der Waals surface area contributed by atoms with Crippen molar-refractivity contribution in [3.8, 4) is 17.0 Å². The number of nitrogens with zero attached hydrogens (tertiary/aromatic N) is 4. The first-order chi connectivity index (χ1) is 12.8. The number of fused-ring (bicyclic) bond motifs is 1. The zero-order valence-corrected chi connectivity index (χ0v) is 14.7. The summed E-state index contributed by atoms with van der Waals surface area (Å²) in [4.78, 5) is 24.0. The quantitative estimate of drug-likeness (QED) is 0.708. The lowest BCUT2D eigenvalue weighted by molar-refractivity contribution is 0.181. The van der Waals surface area contributed by atoms with Gasteiger partial charge in [0.2, 0.25) is 5.88 Å². The van der Waals surface area contributed by atoms with Gasteiger partial charge in [0.1, 0.15) is 12.2 Å². The van der Waals surface area contributed by atoms with E-state index in [9.17, 15) is 4.79 Å². The summed E-state index contributed by atoms with van der Waals surface area (Å²) in [7, 11) is 0. The molecule has 1 aliphatic heterocycles. The SMILES string of the molecule is O=c1c(-c2ccccc2)c(OCCN2CCCCC2)nc2cnccn12. The standard InChI is InChI=1S/C20H22N4O2/c25-20-18(16-7-3-1-4-8-16)19(22-17-15-21-9-12-24(17)20)26-14-13-23-10-5-2-6-11-23/h1,3-4,7-9,12,15H,2,5-6,10-11,13-14H2. The number of rotatable bonds is 5. The molecule has 0 atom stereocenters. The predicted octanol–water partition coefficient (Wildman–Crippen LogP) is 2.62. The molecule has 0 saturated carbocycles. The molecule has 1 aliphatic rings. The molecule has 0 N–H and O–H groups in total. The average molecular weight is 350 g/mol. The topological polar surface area (TPSA) is 59.7 Å². The van der Waals surface area contributed by atoms with Crippen molar-refractivity contribution >= 4 is 5.65 Å². The Bertz CT molecular complexity index is 933. The van der Waals surface area contributed by atoms with Crippen LogP contribution in [0.1, 0.15) is 19.3 Å². The minimum Gasteiger partial charge on any atom is -0.476 e. The van der Waals surface area contributed by atoms with E-state index in [4.69, 9.17) is 4.74 Å². The van der Waals surface area contributed by atoms with Crippen molar-refractivity contribution in [2.45, 2.75) is 19.3 Å². The summed E-state index contributed by atoms with van der Waals surface area (Å²) in [6, 6.07) is 9.56. The molecule has 0 spiro atoms. The van der Waals surface area contributed by atoms with E-state index in [1.54, 1.807) is 18.6 Å². The molecule has 1 aromatic carbocycles. The zero-order chi connectivity index (χ0) is 17.8. The van der Waals surface area contributed by atoms with E-state index in [1.807, 2.05) is 30.3 Å². The molecule has 1 saturated heterocycles. The third-order valence-electron chi connectivity index (χ3n) is 4.76. The summed E-state index contributed by atoms with van der Waals surface area (Å²) < 4.78 is 7.50. The Balaban J connectivity index is 1.66. The van der Waals surface area contributed by atoms with Gasteiger partial charge in [-0.25, -0.2) is 0 Å². The molecule has 1 fully saturated rings. The third kappa shape index (κ3) is 3.46. The molecule has 2 aromatic heterocycles. The second kappa shape index (κ2) is 7.66. The lowest BCUT2D eigenvalue weighted by atomic mass is 10.1. The summed E-state index contributed by atoms with van der Waals surface area (Å²) in [6.07, 6.45) is 8.60. The molecule has 0 unspecified atom stereocenters. The number of piperidine rings is 1. The van der Waals surface area contributed by atoms with Gasteiger partial charge in [-0.05, 0) is 31.5 Å². The highest BCUT2D eigenvalue weighted by Gasteiger charge is 2.17. The number of likely N-dealkylation sites (tertiary alicyclic amines) is 1. The molecule has 3 heterocycles. The van der Waals surface area contributed by atoms with Crippen LogP contribution in [0.2, 0.25) is 0 Å². The van der Waals surface area contributed by atoms with Gasteiger partial charge in [0.15, 0.2) is 5.65 Å². The number of benzene rings is 1. The van der Waals surface area contributed by atoms with Crippen molar-refractivity contribution < 1.29 is 4.74 Å². The highest BCUT2D eigenvalue weighted by molar-refractivity contribution is 5.69. The van der Waals surface area contributed by atoms with E-state index in [1.165, 1.54) is 23.7 Å². The molecule has 6 heteroatoms. The van der Waals surface area contributed by atoms with Gasteiger partial charge in [0.25, 0.3) is 5.56 Å². The monoisotopic (exact) mass is 350 g/mol. The summed E-state index contributed by atoms with van der Waals surface area (Å²) in [5, 5.41) is 0. The van der Waals surface area contributed by atoms with Gasteiger partial charge in [0.05, 0.1) is 6.20 Å². The zero-order valence-electron chi connectivity index (χ0n) is 14.7. The molecule has 134 valence electrons. The Hall–Kier alpha value is -2.73. The Morgan fingerprint density at radius 3 is 2.69 bits per heavy atom. The summed E-state index contributed by atoms with van der Waals surface area (Å²) in [5.41, 5.74) is 1.65. The molecule has 0 bridgehead atoms. The van der Waals surface area contributed by atoms with Crippen LogP contribution in [0.5, 0.6) is 5.88 Å². The van der Waals surface area contributed by atoms with Crippen LogP contribution in [0.25, 0.3) is 16.8 Å². The van der Waals surface area contributed by atoms with E-state index in [0.717, 1.165) is 25.2 Å². The highest BCUT2D eigenvalue weighted by atomic mass is 16.5. The Morgan fingerprint density at radius 1 is 1.08 bits per heavy atom. The minimum atomic E-state index is -0.142. The summed E-state index contributed by atoms with van der Waals surface area (Å²) in [5.74, 6) is 0.381. The highest BCUT2D eigenvalue weighted by Crippen LogP contribution is 2.25. The van der Waals surface area contributed by atoms with Crippen LogP contribution in [0.3, 0.4) is 0 Å². The Labute approximate surface area is 152 Å². The van der Waals surface area contributed by atoms with Gasteiger partial charge in [-0.1, -0.05) is 36.8 Å². The Morgan fingerprint density at radius 2 is 1.88 bits per heavy atom. The summed E-state index contributed by atoms with van der Waals surface area (Å²) in [6.45, 7) is 3.60. The molecular formula is C20H22N4O2. The van der Waals surface area contributed by atoms with Gasteiger partial charge in [-0.3, -0.25) is 19.1 Å².